The van der Waals surface area contributed by atoms with Gasteiger partial charge < -0.3 is 13.9 Å². The minimum atomic E-state index is -0.116. The van der Waals surface area contributed by atoms with Crippen molar-refractivity contribution in [2.45, 2.75) is 6.61 Å². The van der Waals surface area contributed by atoms with Gasteiger partial charge in [-0.2, -0.15) is 0 Å². The van der Waals surface area contributed by atoms with Crippen LogP contribution in [-0.4, -0.2) is 11.6 Å². The minimum Gasteiger partial charge on any atom is -0.489 e. The van der Waals surface area contributed by atoms with Crippen LogP contribution in [0.2, 0.25) is 0 Å². The van der Waals surface area contributed by atoms with Crippen molar-refractivity contribution in [2.75, 3.05) is 6.61 Å². The molecule has 0 unspecified atom stereocenters. The molecule has 0 N–H and O–H groups in total. The first-order valence-electron chi connectivity index (χ1n) is 8.34. The van der Waals surface area contributed by atoms with Gasteiger partial charge in [0.05, 0.1) is 0 Å². The molecule has 2 aliphatic rings. The molecule has 27 heavy (non-hydrogen) atoms. The van der Waals surface area contributed by atoms with E-state index >= 15 is 0 Å². The van der Waals surface area contributed by atoms with Gasteiger partial charge in [0.15, 0.2) is 16.8 Å². The van der Waals surface area contributed by atoms with E-state index in [0.29, 0.717) is 34.9 Å². The third kappa shape index (κ3) is 3.75. The van der Waals surface area contributed by atoms with Crippen molar-refractivity contribution in [3.8, 4) is 35.3 Å². The van der Waals surface area contributed by atoms with Gasteiger partial charge in [-0.1, -0.05) is 18.1 Å². The van der Waals surface area contributed by atoms with Crippen LogP contribution in [-0.2, 0) is 6.61 Å². The maximum absolute atomic E-state index is 11.5. The smallest absolute Gasteiger partial charge is 0.182 e. The van der Waals surface area contributed by atoms with E-state index in [1.807, 2.05) is 36.4 Å². The zero-order valence-corrected chi connectivity index (χ0v) is 14.3. The molecule has 1 heterocycles. The van der Waals surface area contributed by atoms with Gasteiger partial charge in [0.25, 0.3) is 0 Å². The summed E-state index contributed by atoms with van der Waals surface area (Å²) in [5, 5.41) is 0. The number of hydrogen-bond acceptors (Lipinski definition) is 5. The SMILES string of the molecule is C#CCOc1ccc(COc2ccc3nc4ccc(=O)cc-4oc3c2)cc1. The lowest BCUT2D eigenvalue weighted by Gasteiger charge is -2.09. The van der Waals surface area contributed by atoms with Gasteiger partial charge in [-0.3, -0.25) is 4.79 Å². The Morgan fingerprint density at radius 3 is 2.59 bits per heavy atom. The monoisotopic (exact) mass is 357 g/mol. The molecule has 5 heteroatoms. The lowest BCUT2D eigenvalue weighted by molar-refractivity contribution is 0.305. The number of terminal acetylenes is 1. The number of ether oxygens (including phenoxy) is 2. The second-order valence-corrected chi connectivity index (χ2v) is 5.90. The van der Waals surface area contributed by atoms with Crippen LogP contribution in [0.25, 0.3) is 22.6 Å². The van der Waals surface area contributed by atoms with E-state index < -0.39 is 0 Å². The standard InChI is InChI=1S/C22H15NO4/c1-2-11-25-17-6-3-15(4-7-17)14-26-18-8-10-20-22(13-18)27-21-12-16(24)5-9-19(21)23-20/h1,3-10,12-13H,11,14H2. The Kier molecular flexibility index (Phi) is 4.46. The van der Waals surface area contributed by atoms with Gasteiger partial charge in [0.1, 0.15) is 35.9 Å². The highest BCUT2D eigenvalue weighted by Crippen LogP contribution is 2.26. The Balaban J connectivity index is 1.52. The summed E-state index contributed by atoms with van der Waals surface area (Å²) in [5.41, 5.74) is 2.78. The van der Waals surface area contributed by atoms with Crippen molar-refractivity contribution in [3.05, 3.63) is 76.5 Å². The maximum Gasteiger partial charge on any atom is 0.182 e. The summed E-state index contributed by atoms with van der Waals surface area (Å²) in [6.07, 6.45) is 5.17. The third-order valence-corrected chi connectivity index (χ3v) is 3.97. The molecule has 2 aromatic carbocycles. The topological polar surface area (TPSA) is 61.6 Å². The number of benzene rings is 3. The van der Waals surface area contributed by atoms with Crippen LogP contribution < -0.4 is 14.9 Å². The molecule has 0 bridgehead atoms. The maximum atomic E-state index is 11.5. The molecule has 0 fully saturated rings. The molecule has 0 radical (unpaired) electrons. The first kappa shape index (κ1) is 16.7. The normalized spacial score (nSPS) is 10.6. The number of nitrogens with zero attached hydrogens (tertiary/aromatic N) is 1. The molecule has 0 aromatic heterocycles. The Morgan fingerprint density at radius 1 is 0.963 bits per heavy atom. The molecule has 5 nitrogen and oxygen atoms in total. The highest BCUT2D eigenvalue weighted by molar-refractivity contribution is 5.77. The number of hydrogen-bond donors (Lipinski definition) is 0. The first-order chi connectivity index (χ1) is 13.2. The predicted octanol–water partition coefficient (Wildman–Crippen LogP) is 3.88. The number of aromatic nitrogens is 1. The molecule has 4 rings (SSSR count). The van der Waals surface area contributed by atoms with Crippen LogP contribution in [0.15, 0.2) is 69.9 Å². The van der Waals surface area contributed by atoms with E-state index in [0.717, 1.165) is 11.3 Å². The molecular weight excluding hydrogens is 342 g/mol. The highest BCUT2D eigenvalue weighted by atomic mass is 16.5. The van der Waals surface area contributed by atoms with Gasteiger partial charge in [-0.15, -0.1) is 6.42 Å². The van der Waals surface area contributed by atoms with Crippen LogP contribution in [0.1, 0.15) is 5.56 Å². The number of fused-ring (bicyclic) bond motifs is 2. The fourth-order valence-electron chi connectivity index (χ4n) is 2.65. The fraction of sp³-hybridized carbons (Fsp3) is 0.0909. The van der Waals surface area contributed by atoms with E-state index in [-0.39, 0.29) is 12.0 Å². The van der Waals surface area contributed by atoms with Crippen molar-refractivity contribution in [1.29, 1.82) is 0 Å². The van der Waals surface area contributed by atoms with Crippen LogP contribution in [0.4, 0.5) is 0 Å². The molecule has 1 aliphatic carbocycles. The summed E-state index contributed by atoms with van der Waals surface area (Å²) in [5.74, 6) is 4.25. The summed E-state index contributed by atoms with van der Waals surface area (Å²) < 4.78 is 17.0. The molecular formula is C22H15NO4. The Bertz CT molecular complexity index is 1160. The first-order valence-corrected chi connectivity index (χ1v) is 8.34. The van der Waals surface area contributed by atoms with E-state index in [1.54, 1.807) is 12.1 Å². The summed E-state index contributed by atoms with van der Waals surface area (Å²) in [6.45, 7) is 0.639. The summed E-state index contributed by atoms with van der Waals surface area (Å²) in [6, 6.07) is 17.5. The molecule has 0 atom stereocenters. The van der Waals surface area contributed by atoms with Crippen LogP contribution in [0, 0.1) is 12.3 Å². The molecule has 0 saturated carbocycles. The van der Waals surface area contributed by atoms with Gasteiger partial charge >= 0.3 is 0 Å². The van der Waals surface area contributed by atoms with Gasteiger partial charge in [0.2, 0.25) is 0 Å². The van der Waals surface area contributed by atoms with Crippen molar-refractivity contribution < 1.29 is 13.9 Å². The molecule has 0 spiro atoms. The molecule has 0 saturated heterocycles. The van der Waals surface area contributed by atoms with Gasteiger partial charge in [-0.05, 0) is 42.0 Å². The van der Waals surface area contributed by atoms with E-state index in [9.17, 15) is 4.79 Å². The highest BCUT2D eigenvalue weighted by Gasteiger charge is 2.10. The van der Waals surface area contributed by atoms with Crippen molar-refractivity contribution in [2.24, 2.45) is 0 Å². The minimum absolute atomic E-state index is 0.116. The lowest BCUT2D eigenvalue weighted by Crippen LogP contribution is -2.00. The van der Waals surface area contributed by atoms with E-state index in [4.69, 9.17) is 20.3 Å². The van der Waals surface area contributed by atoms with Crippen LogP contribution in [0.5, 0.6) is 11.5 Å². The predicted molar refractivity (Wildman–Crippen MR) is 102 cm³/mol. The Morgan fingerprint density at radius 2 is 1.78 bits per heavy atom. The largest absolute Gasteiger partial charge is 0.489 e. The average Bonchev–Trinajstić information content (AvgIpc) is 2.70. The quantitative estimate of drug-likeness (QED) is 0.401. The second kappa shape index (κ2) is 7.22. The summed E-state index contributed by atoms with van der Waals surface area (Å²) >= 11 is 0. The summed E-state index contributed by atoms with van der Waals surface area (Å²) in [7, 11) is 0. The Labute approximate surface area is 155 Å². The van der Waals surface area contributed by atoms with Gasteiger partial charge in [-0.25, -0.2) is 4.98 Å². The van der Waals surface area contributed by atoms with Gasteiger partial charge in [0, 0.05) is 12.1 Å². The average molecular weight is 357 g/mol. The third-order valence-electron chi connectivity index (χ3n) is 3.97. The fourth-order valence-corrected chi connectivity index (χ4v) is 2.65. The van der Waals surface area contributed by atoms with Crippen molar-refractivity contribution in [3.63, 3.8) is 0 Å². The zero-order valence-electron chi connectivity index (χ0n) is 14.3. The molecule has 2 aromatic rings. The molecule has 1 aliphatic heterocycles. The zero-order chi connectivity index (χ0) is 18.6. The van der Waals surface area contributed by atoms with E-state index in [2.05, 4.69) is 10.9 Å². The van der Waals surface area contributed by atoms with Crippen molar-refractivity contribution >= 4 is 11.1 Å². The van der Waals surface area contributed by atoms with E-state index in [1.165, 1.54) is 12.1 Å². The number of rotatable bonds is 5. The van der Waals surface area contributed by atoms with Crippen LogP contribution in [0.3, 0.4) is 0 Å². The summed E-state index contributed by atoms with van der Waals surface area (Å²) in [4.78, 5) is 16.0. The van der Waals surface area contributed by atoms with Crippen molar-refractivity contribution in [1.82, 2.24) is 4.98 Å². The Hall–Kier alpha value is -3.78. The lowest BCUT2D eigenvalue weighted by atomic mass is 10.2. The molecule has 0 amide bonds. The molecule has 132 valence electrons. The van der Waals surface area contributed by atoms with Crippen LogP contribution >= 0.6 is 0 Å². The second-order valence-electron chi connectivity index (χ2n) is 5.90.